The molecule has 0 aliphatic carbocycles. The first-order chi connectivity index (χ1) is 11.9. The number of rotatable bonds is 6. The van der Waals surface area contributed by atoms with Crippen LogP contribution in [0.3, 0.4) is 0 Å². The van der Waals surface area contributed by atoms with Crippen LogP contribution >= 0.6 is 0 Å². The lowest BCUT2D eigenvalue weighted by molar-refractivity contribution is -0.114. The number of nitrogens with one attached hydrogen (secondary N) is 2. The van der Waals surface area contributed by atoms with Gasteiger partial charge in [-0.2, -0.15) is 0 Å². The molecule has 0 unspecified atom stereocenters. The first kappa shape index (κ1) is 18.5. The second-order valence-electron chi connectivity index (χ2n) is 6.06. The Morgan fingerprint density at radius 3 is 2.52 bits per heavy atom. The molecule has 0 aromatic heterocycles. The monoisotopic (exact) mass is 339 g/mol. The van der Waals surface area contributed by atoms with Crippen molar-refractivity contribution in [3.63, 3.8) is 0 Å². The van der Waals surface area contributed by atoms with Crippen LogP contribution in [0.1, 0.15) is 28.4 Å². The highest BCUT2D eigenvalue weighted by Gasteiger charge is 2.12. The molecule has 25 heavy (non-hydrogen) atoms. The number of likely N-dealkylation sites (N-methyl/N-ethyl adjacent to an activating group) is 1. The van der Waals surface area contributed by atoms with Crippen LogP contribution in [0, 0.1) is 13.8 Å². The van der Waals surface area contributed by atoms with Crippen LogP contribution in [0.25, 0.3) is 0 Å². The molecule has 5 heteroatoms. The molecule has 2 N–H and O–H groups in total. The second-order valence-corrected chi connectivity index (χ2v) is 6.06. The molecule has 0 bridgehead atoms. The highest BCUT2D eigenvalue weighted by atomic mass is 16.2. The minimum Gasteiger partial charge on any atom is -0.365 e. The zero-order valence-electron chi connectivity index (χ0n) is 15.2. The van der Waals surface area contributed by atoms with E-state index < -0.39 is 0 Å². The van der Waals surface area contributed by atoms with Gasteiger partial charge in [0.2, 0.25) is 5.91 Å². The van der Waals surface area contributed by atoms with Crippen LogP contribution in [-0.4, -0.2) is 32.0 Å². The highest BCUT2D eigenvalue weighted by molar-refractivity contribution is 5.98. The fourth-order valence-corrected chi connectivity index (χ4v) is 2.65. The predicted molar refractivity (Wildman–Crippen MR) is 102 cm³/mol. The van der Waals surface area contributed by atoms with E-state index in [-0.39, 0.29) is 18.4 Å². The highest BCUT2D eigenvalue weighted by Crippen LogP contribution is 2.21. The summed E-state index contributed by atoms with van der Waals surface area (Å²) in [5, 5.41) is 5.60. The van der Waals surface area contributed by atoms with Gasteiger partial charge >= 0.3 is 0 Å². The lowest BCUT2D eigenvalue weighted by Crippen LogP contribution is -2.30. The fourth-order valence-electron chi connectivity index (χ4n) is 2.65. The van der Waals surface area contributed by atoms with Crippen LogP contribution in [0.2, 0.25) is 0 Å². The predicted octanol–water partition coefficient (Wildman–Crippen LogP) is 3.13. The second kappa shape index (κ2) is 8.33. The summed E-state index contributed by atoms with van der Waals surface area (Å²) in [4.78, 5) is 26.2. The van der Waals surface area contributed by atoms with Gasteiger partial charge in [0.1, 0.15) is 0 Å². The number of hydrogen-bond donors (Lipinski definition) is 2. The number of carbonyl (C=O) groups is 2. The number of hydrogen-bond acceptors (Lipinski definition) is 3. The Kier molecular flexibility index (Phi) is 6.17. The normalized spacial score (nSPS) is 10.2. The van der Waals surface area contributed by atoms with Gasteiger partial charge in [-0.3, -0.25) is 9.59 Å². The molecule has 0 heterocycles. The summed E-state index contributed by atoms with van der Waals surface area (Å²) in [5.41, 5.74) is 4.53. The Balaban J connectivity index is 2.04. The third-order valence-corrected chi connectivity index (χ3v) is 4.11. The molecule has 0 spiro atoms. The minimum absolute atomic E-state index is 0.128. The lowest BCUT2D eigenvalue weighted by atomic mass is 10.1. The van der Waals surface area contributed by atoms with E-state index in [2.05, 4.69) is 30.5 Å². The summed E-state index contributed by atoms with van der Waals surface area (Å²) >= 11 is 0. The van der Waals surface area contributed by atoms with Gasteiger partial charge in [0, 0.05) is 30.5 Å². The topological polar surface area (TPSA) is 61.4 Å². The van der Waals surface area contributed by atoms with Gasteiger partial charge in [0.15, 0.2) is 0 Å². The van der Waals surface area contributed by atoms with Gasteiger partial charge in [-0.25, -0.2) is 0 Å². The molecule has 0 atom stereocenters. The first-order valence-corrected chi connectivity index (χ1v) is 8.37. The zero-order chi connectivity index (χ0) is 18.4. The van der Waals surface area contributed by atoms with E-state index in [1.54, 1.807) is 24.3 Å². The third kappa shape index (κ3) is 4.83. The van der Waals surface area contributed by atoms with Gasteiger partial charge < -0.3 is 15.5 Å². The van der Waals surface area contributed by atoms with Crippen LogP contribution < -0.4 is 15.5 Å². The molecular weight excluding hydrogens is 314 g/mol. The maximum atomic E-state index is 12.3. The number of carbonyl (C=O) groups excluding carboxylic acids is 2. The standard InChI is InChI=1S/C20H25N3O2/c1-5-21-20(25)16-9-7-10-17(12-16)22-19(24)13-23(4)18-11-6-8-14(2)15(18)3/h6-12H,5,13H2,1-4H3,(H,21,25)(H,22,24). The molecule has 0 aliphatic heterocycles. The fraction of sp³-hybridized carbons (Fsp3) is 0.300. The Hall–Kier alpha value is -2.82. The van der Waals surface area contributed by atoms with Crippen LogP contribution in [0.4, 0.5) is 11.4 Å². The minimum atomic E-state index is -0.147. The maximum Gasteiger partial charge on any atom is 0.251 e. The van der Waals surface area contributed by atoms with E-state index in [4.69, 9.17) is 0 Å². The molecule has 5 nitrogen and oxygen atoms in total. The number of nitrogens with zero attached hydrogens (tertiary/aromatic N) is 1. The number of benzene rings is 2. The van der Waals surface area contributed by atoms with E-state index in [0.717, 1.165) is 11.3 Å². The molecule has 2 amide bonds. The van der Waals surface area contributed by atoms with Gasteiger partial charge in [-0.15, -0.1) is 0 Å². The summed E-state index contributed by atoms with van der Waals surface area (Å²) in [7, 11) is 1.90. The summed E-state index contributed by atoms with van der Waals surface area (Å²) in [6, 6.07) is 13.0. The third-order valence-electron chi connectivity index (χ3n) is 4.11. The molecular formula is C20H25N3O2. The number of amides is 2. The molecule has 0 saturated heterocycles. The van der Waals surface area contributed by atoms with Gasteiger partial charge in [-0.05, 0) is 56.2 Å². The van der Waals surface area contributed by atoms with Crippen molar-refractivity contribution in [3.05, 3.63) is 59.2 Å². The maximum absolute atomic E-state index is 12.3. The van der Waals surface area contributed by atoms with E-state index in [9.17, 15) is 9.59 Å². The number of aryl methyl sites for hydroxylation is 1. The summed E-state index contributed by atoms with van der Waals surface area (Å²) in [5.74, 6) is -0.275. The van der Waals surface area contributed by atoms with Crippen LogP contribution in [0.15, 0.2) is 42.5 Å². The Labute approximate surface area is 149 Å². The smallest absolute Gasteiger partial charge is 0.251 e. The molecule has 0 radical (unpaired) electrons. The Bertz CT molecular complexity index is 771. The van der Waals surface area contributed by atoms with Crippen molar-refractivity contribution < 1.29 is 9.59 Å². The summed E-state index contributed by atoms with van der Waals surface area (Å²) in [6.07, 6.45) is 0. The van der Waals surface area contributed by atoms with E-state index in [1.165, 1.54) is 5.56 Å². The summed E-state index contributed by atoms with van der Waals surface area (Å²) in [6.45, 7) is 6.77. The molecule has 0 saturated carbocycles. The van der Waals surface area contributed by atoms with Crippen molar-refractivity contribution >= 4 is 23.2 Å². The summed E-state index contributed by atoms with van der Waals surface area (Å²) < 4.78 is 0. The first-order valence-electron chi connectivity index (χ1n) is 8.37. The van der Waals surface area contributed by atoms with Crippen molar-refractivity contribution in [1.82, 2.24) is 5.32 Å². The van der Waals surface area contributed by atoms with Crippen LogP contribution in [0.5, 0.6) is 0 Å². The molecule has 0 aliphatic rings. The average molecular weight is 339 g/mol. The molecule has 0 fully saturated rings. The molecule has 2 rings (SSSR count). The van der Waals surface area contributed by atoms with Crippen molar-refractivity contribution in [1.29, 1.82) is 0 Å². The van der Waals surface area contributed by atoms with E-state index >= 15 is 0 Å². The van der Waals surface area contributed by atoms with E-state index in [0.29, 0.717) is 17.8 Å². The quantitative estimate of drug-likeness (QED) is 0.850. The Morgan fingerprint density at radius 2 is 1.80 bits per heavy atom. The molecule has 2 aromatic rings. The van der Waals surface area contributed by atoms with E-state index in [1.807, 2.05) is 31.0 Å². The lowest BCUT2D eigenvalue weighted by Gasteiger charge is -2.22. The number of anilines is 2. The SMILES string of the molecule is CCNC(=O)c1cccc(NC(=O)CN(C)c2cccc(C)c2C)c1. The van der Waals surface area contributed by atoms with Crippen molar-refractivity contribution in [2.24, 2.45) is 0 Å². The van der Waals surface area contributed by atoms with Gasteiger partial charge in [0.05, 0.1) is 6.54 Å². The van der Waals surface area contributed by atoms with Crippen LogP contribution in [-0.2, 0) is 4.79 Å². The van der Waals surface area contributed by atoms with Crippen molar-refractivity contribution in [2.45, 2.75) is 20.8 Å². The zero-order valence-corrected chi connectivity index (χ0v) is 15.2. The molecule has 132 valence electrons. The molecule has 2 aromatic carbocycles. The van der Waals surface area contributed by atoms with Gasteiger partial charge in [-0.1, -0.05) is 18.2 Å². The van der Waals surface area contributed by atoms with Crippen molar-refractivity contribution in [3.8, 4) is 0 Å². The average Bonchev–Trinajstić information content (AvgIpc) is 2.57. The van der Waals surface area contributed by atoms with Gasteiger partial charge in [0.25, 0.3) is 5.91 Å². The Morgan fingerprint density at radius 1 is 1.08 bits per heavy atom. The van der Waals surface area contributed by atoms with Crippen molar-refractivity contribution in [2.75, 3.05) is 30.4 Å². The largest absolute Gasteiger partial charge is 0.365 e.